The zero-order valence-electron chi connectivity index (χ0n) is 11.0. The van der Waals surface area contributed by atoms with Gasteiger partial charge in [-0.05, 0) is 37.3 Å². The Hall–Kier alpha value is -0.440. The number of rotatable bonds is 1. The van der Waals surface area contributed by atoms with Crippen molar-refractivity contribution in [3.8, 4) is 0 Å². The molecule has 0 aliphatic carbocycles. The molecule has 1 aromatic carbocycles. The minimum atomic E-state index is -4.32. The molecule has 1 aliphatic heterocycles. The third-order valence-electron chi connectivity index (χ3n) is 2.96. The van der Waals surface area contributed by atoms with E-state index in [-0.39, 0.29) is 24.0 Å². The zero-order chi connectivity index (χ0) is 13.9. The summed E-state index contributed by atoms with van der Waals surface area (Å²) in [5.41, 5.74) is -0.304. The van der Waals surface area contributed by atoms with Crippen LogP contribution in [0, 0.1) is 0 Å². The molecule has 0 N–H and O–H groups in total. The smallest absolute Gasteiger partial charge is 0.351 e. The minimum absolute atomic E-state index is 0. The maximum absolute atomic E-state index is 12.6. The molecule has 0 aromatic heterocycles. The lowest BCUT2D eigenvalue weighted by Crippen LogP contribution is -2.24. The lowest BCUT2D eigenvalue weighted by Gasteiger charge is -2.18. The van der Waals surface area contributed by atoms with E-state index >= 15 is 0 Å². The van der Waals surface area contributed by atoms with Crippen molar-refractivity contribution in [3.05, 3.63) is 29.8 Å². The van der Waals surface area contributed by atoms with Gasteiger partial charge >= 0.3 is 6.18 Å². The molecule has 112 valence electrons. The van der Waals surface area contributed by atoms with E-state index in [2.05, 4.69) is 9.89 Å². The van der Waals surface area contributed by atoms with Crippen LogP contribution in [0.2, 0.25) is 0 Å². The summed E-state index contributed by atoms with van der Waals surface area (Å²) in [6.45, 7) is 1.86. The Morgan fingerprint density at radius 3 is 2.45 bits per heavy atom. The van der Waals surface area contributed by atoms with Crippen LogP contribution in [0.15, 0.2) is 29.3 Å². The van der Waals surface area contributed by atoms with E-state index < -0.39 is 11.7 Å². The minimum Gasteiger partial charge on any atom is -0.351 e. The first-order chi connectivity index (χ1) is 9.00. The van der Waals surface area contributed by atoms with Gasteiger partial charge in [-0.3, -0.25) is 0 Å². The third-order valence-corrected chi connectivity index (χ3v) is 3.67. The van der Waals surface area contributed by atoms with Gasteiger partial charge < -0.3 is 4.90 Å². The van der Waals surface area contributed by atoms with Crippen LogP contribution < -0.4 is 0 Å². The number of hydrogen-bond acceptors (Lipinski definition) is 2. The normalized spacial score (nSPS) is 16.2. The molecule has 20 heavy (non-hydrogen) atoms. The second-order valence-corrected chi connectivity index (χ2v) is 5.11. The fraction of sp³-hybridized carbons (Fsp3) is 0.462. The summed E-state index contributed by atoms with van der Waals surface area (Å²) in [7, 11) is 0. The first kappa shape index (κ1) is 17.6. The van der Waals surface area contributed by atoms with Crippen molar-refractivity contribution in [2.45, 2.75) is 19.0 Å². The maximum atomic E-state index is 12.6. The third kappa shape index (κ3) is 4.54. The van der Waals surface area contributed by atoms with Gasteiger partial charge in [0, 0.05) is 13.1 Å². The molecule has 0 saturated carbocycles. The fourth-order valence-corrected chi connectivity index (χ4v) is 2.65. The van der Waals surface area contributed by atoms with Gasteiger partial charge in [-0.25, -0.2) is 4.99 Å². The lowest BCUT2D eigenvalue weighted by atomic mass is 10.2. The number of likely N-dealkylation sites (tertiary alicyclic amines) is 1. The van der Waals surface area contributed by atoms with Crippen LogP contribution >= 0.6 is 35.7 Å². The molecule has 0 radical (unpaired) electrons. The number of halogens is 4. The molecule has 1 fully saturated rings. The molecule has 0 bridgehead atoms. The van der Waals surface area contributed by atoms with Crippen molar-refractivity contribution in [3.63, 3.8) is 0 Å². The largest absolute Gasteiger partial charge is 0.416 e. The van der Waals surface area contributed by atoms with Gasteiger partial charge in [-0.2, -0.15) is 13.2 Å². The van der Waals surface area contributed by atoms with E-state index in [0.29, 0.717) is 5.69 Å². The molecule has 0 atom stereocenters. The molecule has 0 amide bonds. The Morgan fingerprint density at radius 2 is 1.90 bits per heavy atom. The van der Waals surface area contributed by atoms with E-state index in [0.717, 1.165) is 43.2 Å². The van der Waals surface area contributed by atoms with Gasteiger partial charge in [0.2, 0.25) is 0 Å². The van der Waals surface area contributed by atoms with Crippen LogP contribution in [0.25, 0.3) is 0 Å². The number of aliphatic imine (C=N–C) groups is 1. The Kier molecular flexibility index (Phi) is 6.63. The van der Waals surface area contributed by atoms with E-state index in [1.54, 1.807) is 6.07 Å². The van der Waals surface area contributed by atoms with Gasteiger partial charge in [-0.1, -0.05) is 17.8 Å². The molecule has 1 aromatic rings. The summed E-state index contributed by atoms with van der Waals surface area (Å²) in [6.07, 6.45) is -0.201. The lowest BCUT2D eigenvalue weighted by molar-refractivity contribution is -0.137. The van der Waals surface area contributed by atoms with Crippen LogP contribution in [-0.4, -0.2) is 29.4 Å². The monoisotopic (exact) mass is 416 g/mol. The Labute approximate surface area is 137 Å². The number of benzene rings is 1. The molecule has 2 rings (SSSR count). The average Bonchev–Trinajstić information content (AvgIpc) is 2.89. The number of nitrogens with zero attached hydrogens (tertiary/aromatic N) is 2. The van der Waals surface area contributed by atoms with Gasteiger partial charge in [0.05, 0.1) is 11.3 Å². The quantitative estimate of drug-likeness (QED) is 0.373. The Balaban J connectivity index is 0.00000200. The standard InChI is InChI=1S/C13H15F3N2S.HI/c1-19-12(18-7-2-3-8-18)17-11-6-4-5-10(9-11)13(14,15)16;/h4-6,9H,2-3,7-8H2,1H3;1H. The first-order valence-electron chi connectivity index (χ1n) is 6.05. The molecule has 0 spiro atoms. The van der Waals surface area contributed by atoms with Crippen LogP contribution in [0.3, 0.4) is 0 Å². The summed E-state index contributed by atoms with van der Waals surface area (Å²) in [6, 6.07) is 5.14. The van der Waals surface area contributed by atoms with E-state index in [1.165, 1.54) is 17.8 Å². The average molecular weight is 416 g/mol. The SMILES string of the molecule is CSC(=Nc1cccc(C(F)(F)F)c1)N1CCCC1.I. The number of amidine groups is 1. The van der Waals surface area contributed by atoms with E-state index in [4.69, 9.17) is 0 Å². The van der Waals surface area contributed by atoms with E-state index in [9.17, 15) is 13.2 Å². The molecule has 1 heterocycles. The zero-order valence-corrected chi connectivity index (χ0v) is 14.1. The molecule has 0 unspecified atom stereocenters. The predicted octanol–water partition coefficient (Wildman–Crippen LogP) is 4.77. The van der Waals surface area contributed by atoms with Crippen LogP contribution in [0.4, 0.5) is 18.9 Å². The van der Waals surface area contributed by atoms with Crippen molar-refractivity contribution in [2.24, 2.45) is 4.99 Å². The second-order valence-electron chi connectivity index (χ2n) is 4.34. The predicted molar refractivity (Wildman–Crippen MR) is 88.3 cm³/mol. The highest BCUT2D eigenvalue weighted by atomic mass is 127. The van der Waals surface area contributed by atoms with Gasteiger partial charge in [-0.15, -0.1) is 24.0 Å². The highest BCUT2D eigenvalue weighted by molar-refractivity contribution is 14.0. The molecule has 1 saturated heterocycles. The fourth-order valence-electron chi connectivity index (χ4n) is 2.02. The topological polar surface area (TPSA) is 15.6 Å². The highest BCUT2D eigenvalue weighted by Crippen LogP contribution is 2.31. The Morgan fingerprint density at radius 1 is 1.25 bits per heavy atom. The van der Waals surface area contributed by atoms with Crippen molar-refractivity contribution in [1.29, 1.82) is 0 Å². The highest BCUT2D eigenvalue weighted by Gasteiger charge is 2.30. The van der Waals surface area contributed by atoms with Crippen LogP contribution in [-0.2, 0) is 6.18 Å². The van der Waals surface area contributed by atoms with Crippen molar-refractivity contribution in [2.75, 3.05) is 19.3 Å². The molecular weight excluding hydrogens is 400 g/mol. The van der Waals surface area contributed by atoms with Gasteiger partial charge in [0.25, 0.3) is 0 Å². The van der Waals surface area contributed by atoms with Crippen LogP contribution in [0.5, 0.6) is 0 Å². The van der Waals surface area contributed by atoms with Crippen molar-refractivity contribution >= 4 is 46.6 Å². The Bertz CT molecular complexity index is 471. The second kappa shape index (κ2) is 7.53. The number of thioether (sulfide) groups is 1. The van der Waals surface area contributed by atoms with Crippen molar-refractivity contribution < 1.29 is 13.2 Å². The maximum Gasteiger partial charge on any atom is 0.416 e. The summed E-state index contributed by atoms with van der Waals surface area (Å²) in [4.78, 5) is 6.45. The van der Waals surface area contributed by atoms with Gasteiger partial charge in [0.1, 0.15) is 0 Å². The van der Waals surface area contributed by atoms with Crippen LogP contribution in [0.1, 0.15) is 18.4 Å². The molecule has 1 aliphatic rings. The van der Waals surface area contributed by atoms with Gasteiger partial charge in [0.15, 0.2) is 5.17 Å². The molecule has 7 heteroatoms. The molecule has 2 nitrogen and oxygen atoms in total. The van der Waals surface area contributed by atoms with E-state index in [1.807, 2.05) is 6.26 Å². The number of alkyl halides is 3. The van der Waals surface area contributed by atoms with Crippen molar-refractivity contribution in [1.82, 2.24) is 4.90 Å². The first-order valence-corrected chi connectivity index (χ1v) is 7.28. The summed E-state index contributed by atoms with van der Waals surface area (Å²) in [5, 5.41) is 0.789. The summed E-state index contributed by atoms with van der Waals surface area (Å²) < 4.78 is 37.9. The summed E-state index contributed by atoms with van der Waals surface area (Å²) >= 11 is 1.47. The number of hydrogen-bond donors (Lipinski definition) is 0. The molecular formula is C13H16F3IN2S. The summed E-state index contributed by atoms with van der Waals surface area (Å²) in [5.74, 6) is 0.